The van der Waals surface area contributed by atoms with Crippen LogP contribution in [0.5, 0.6) is 0 Å². The van der Waals surface area contributed by atoms with Gasteiger partial charge in [-0.05, 0) is 12.5 Å². The Balaban J connectivity index is 2.01. The zero-order chi connectivity index (χ0) is 10.7. The van der Waals surface area contributed by atoms with Gasteiger partial charge in [-0.3, -0.25) is 4.79 Å². The van der Waals surface area contributed by atoms with E-state index >= 15 is 0 Å². The first-order valence-electron chi connectivity index (χ1n) is 4.94. The summed E-state index contributed by atoms with van der Waals surface area (Å²) in [5.74, 6) is 0.578. The first kappa shape index (κ1) is 9.77. The molecule has 0 radical (unpaired) electrons. The molecule has 3 heteroatoms. The van der Waals surface area contributed by atoms with Crippen LogP contribution >= 0.6 is 0 Å². The third kappa shape index (κ3) is 2.37. The lowest BCUT2D eigenvalue weighted by Crippen LogP contribution is -2.18. The lowest BCUT2D eigenvalue weighted by molar-refractivity contribution is -0.115. The fourth-order valence-corrected chi connectivity index (χ4v) is 1.50. The summed E-state index contributed by atoms with van der Waals surface area (Å²) in [7, 11) is 0. The van der Waals surface area contributed by atoms with Crippen LogP contribution in [-0.4, -0.2) is 12.4 Å². The fraction of sp³-hybridized carbons (Fsp3) is 0.250. The van der Waals surface area contributed by atoms with Crippen LogP contribution in [0.3, 0.4) is 0 Å². The molecule has 78 valence electrons. The lowest BCUT2D eigenvalue weighted by Gasteiger charge is -2.15. The van der Waals surface area contributed by atoms with Gasteiger partial charge in [0, 0.05) is 6.08 Å². The summed E-state index contributed by atoms with van der Waals surface area (Å²) < 4.78 is 5.16. The van der Waals surface area contributed by atoms with Gasteiger partial charge in [-0.2, -0.15) is 0 Å². The Labute approximate surface area is 88.8 Å². The van der Waals surface area contributed by atoms with Crippen LogP contribution in [0.15, 0.2) is 42.3 Å². The number of hydrogen-bond acceptors (Lipinski definition) is 3. The minimum atomic E-state index is 0.0118. The first-order chi connectivity index (χ1) is 7.25. The molecule has 0 fully saturated rings. The van der Waals surface area contributed by atoms with Crippen molar-refractivity contribution in [1.82, 2.24) is 5.32 Å². The number of hydrogen-bond donors (Lipinski definition) is 1. The normalized spacial score (nSPS) is 16.9. The monoisotopic (exact) mass is 203 g/mol. The van der Waals surface area contributed by atoms with Crippen LogP contribution in [-0.2, 0) is 9.53 Å². The van der Waals surface area contributed by atoms with Gasteiger partial charge in [0.05, 0.1) is 6.04 Å². The van der Waals surface area contributed by atoms with Crippen LogP contribution < -0.4 is 5.32 Å². The molecule has 1 aliphatic rings. The molecule has 0 amide bonds. The molecule has 0 aromatic heterocycles. The number of rotatable bonds is 3. The minimum Gasteiger partial charge on any atom is -0.471 e. The van der Waals surface area contributed by atoms with E-state index in [1.807, 2.05) is 37.3 Å². The standard InChI is InChI=1S/C12H13NO2/c1-9(10-5-3-2-4-6-10)13-12-7-11(14)8-15-12/h2-7,9,13H,8H2,1H3. The predicted octanol–water partition coefficient (Wildman–Crippen LogP) is 1.78. The van der Waals surface area contributed by atoms with Crippen LogP contribution in [0.4, 0.5) is 0 Å². The molecule has 0 bridgehead atoms. The van der Waals surface area contributed by atoms with Crippen molar-refractivity contribution in [2.45, 2.75) is 13.0 Å². The summed E-state index contributed by atoms with van der Waals surface area (Å²) in [6, 6.07) is 10.2. The van der Waals surface area contributed by atoms with E-state index in [2.05, 4.69) is 5.32 Å². The molecule has 0 saturated carbocycles. The van der Waals surface area contributed by atoms with E-state index in [0.717, 1.165) is 0 Å². The van der Waals surface area contributed by atoms with E-state index in [-0.39, 0.29) is 18.4 Å². The van der Waals surface area contributed by atoms with Gasteiger partial charge in [-0.25, -0.2) is 0 Å². The molecule has 0 aliphatic carbocycles. The number of carbonyl (C=O) groups excluding carboxylic acids is 1. The van der Waals surface area contributed by atoms with E-state index < -0.39 is 0 Å². The largest absolute Gasteiger partial charge is 0.471 e. The number of ether oxygens (including phenoxy) is 1. The second-order valence-corrected chi connectivity index (χ2v) is 3.54. The van der Waals surface area contributed by atoms with Crippen molar-refractivity contribution in [3.8, 4) is 0 Å². The second-order valence-electron chi connectivity index (χ2n) is 3.54. The van der Waals surface area contributed by atoms with E-state index in [4.69, 9.17) is 4.74 Å². The molecule has 2 rings (SSSR count). The predicted molar refractivity (Wildman–Crippen MR) is 57.0 cm³/mol. The molecule has 0 saturated heterocycles. The van der Waals surface area contributed by atoms with Gasteiger partial charge in [-0.1, -0.05) is 30.3 Å². The van der Waals surface area contributed by atoms with Gasteiger partial charge in [0.15, 0.2) is 18.3 Å². The Morgan fingerprint density at radius 2 is 2.07 bits per heavy atom. The van der Waals surface area contributed by atoms with Crippen molar-refractivity contribution in [3.63, 3.8) is 0 Å². The maximum absolute atomic E-state index is 10.9. The highest BCUT2D eigenvalue weighted by molar-refractivity contribution is 5.92. The number of benzene rings is 1. The molecule has 1 unspecified atom stereocenters. The van der Waals surface area contributed by atoms with Gasteiger partial charge < -0.3 is 10.1 Å². The van der Waals surface area contributed by atoms with Gasteiger partial charge in [-0.15, -0.1) is 0 Å². The smallest absolute Gasteiger partial charge is 0.198 e. The van der Waals surface area contributed by atoms with Crippen molar-refractivity contribution >= 4 is 5.78 Å². The van der Waals surface area contributed by atoms with Crippen molar-refractivity contribution in [2.75, 3.05) is 6.61 Å². The maximum Gasteiger partial charge on any atom is 0.198 e. The Hall–Kier alpha value is -1.77. The zero-order valence-corrected chi connectivity index (χ0v) is 8.57. The summed E-state index contributed by atoms with van der Waals surface area (Å²) in [6.45, 7) is 2.19. The Morgan fingerprint density at radius 1 is 1.33 bits per heavy atom. The second kappa shape index (κ2) is 4.17. The molecule has 1 aromatic rings. The molecule has 15 heavy (non-hydrogen) atoms. The zero-order valence-electron chi connectivity index (χ0n) is 8.57. The molecule has 1 aromatic carbocycles. The maximum atomic E-state index is 10.9. The molecule has 0 spiro atoms. The topological polar surface area (TPSA) is 38.3 Å². The molecular formula is C12H13NO2. The SMILES string of the molecule is CC(NC1=CC(=O)CO1)c1ccccc1. The van der Waals surface area contributed by atoms with Gasteiger partial charge in [0.1, 0.15) is 0 Å². The average molecular weight is 203 g/mol. The summed E-state index contributed by atoms with van der Waals surface area (Å²) in [6.07, 6.45) is 1.50. The van der Waals surface area contributed by atoms with Crippen LogP contribution in [0.25, 0.3) is 0 Å². The molecule has 1 atom stereocenters. The molecule has 3 nitrogen and oxygen atoms in total. The van der Waals surface area contributed by atoms with Crippen molar-refractivity contribution in [3.05, 3.63) is 47.9 Å². The molecular weight excluding hydrogens is 190 g/mol. The van der Waals surface area contributed by atoms with E-state index in [0.29, 0.717) is 5.88 Å². The van der Waals surface area contributed by atoms with Crippen molar-refractivity contribution in [1.29, 1.82) is 0 Å². The lowest BCUT2D eigenvalue weighted by atomic mass is 10.1. The third-order valence-electron chi connectivity index (χ3n) is 2.32. The summed E-state index contributed by atoms with van der Waals surface area (Å²) in [5.41, 5.74) is 1.17. The average Bonchev–Trinajstić information content (AvgIpc) is 2.65. The number of carbonyl (C=O) groups is 1. The fourth-order valence-electron chi connectivity index (χ4n) is 1.50. The third-order valence-corrected chi connectivity index (χ3v) is 2.32. The van der Waals surface area contributed by atoms with E-state index in [1.54, 1.807) is 0 Å². The quantitative estimate of drug-likeness (QED) is 0.813. The van der Waals surface area contributed by atoms with Gasteiger partial charge in [0.2, 0.25) is 0 Å². The summed E-state index contributed by atoms with van der Waals surface area (Å²) in [4.78, 5) is 10.9. The number of nitrogens with one attached hydrogen (secondary N) is 1. The summed E-state index contributed by atoms with van der Waals surface area (Å²) >= 11 is 0. The molecule has 1 N–H and O–H groups in total. The highest BCUT2D eigenvalue weighted by Gasteiger charge is 2.15. The van der Waals surface area contributed by atoms with Gasteiger partial charge in [0.25, 0.3) is 0 Å². The van der Waals surface area contributed by atoms with Gasteiger partial charge >= 0.3 is 0 Å². The van der Waals surface area contributed by atoms with Crippen molar-refractivity contribution in [2.24, 2.45) is 0 Å². The Kier molecular flexibility index (Phi) is 2.72. The molecule has 1 aliphatic heterocycles. The minimum absolute atomic E-state index is 0.0118. The van der Waals surface area contributed by atoms with Crippen LogP contribution in [0.2, 0.25) is 0 Å². The van der Waals surface area contributed by atoms with E-state index in [9.17, 15) is 4.79 Å². The first-order valence-corrected chi connectivity index (χ1v) is 4.94. The summed E-state index contributed by atoms with van der Waals surface area (Å²) in [5, 5.41) is 3.14. The Morgan fingerprint density at radius 3 is 2.67 bits per heavy atom. The van der Waals surface area contributed by atoms with Crippen molar-refractivity contribution < 1.29 is 9.53 Å². The highest BCUT2D eigenvalue weighted by atomic mass is 16.5. The van der Waals surface area contributed by atoms with Crippen LogP contribution in [0.1, 0.15) is 18.5 Å². The highest BCUT2D eigenvalue weighted by Crippen LogP contribution is 2.14. The van der Waals surface area contributed by atoms with E-state index in [1.165, 1.54) is 11.6 Å². The molecule has 1 heterocycles. The van der Waals surface area contributed by atoms with Crippen LogP contribution in [0, 0.1) is 0 Å². The number of ketones is 1. The Bertz CT molecular complexity index is 384.